The Kier molecular flexibility index (Phi) is 5.04. The van der Waals surface area contributed by atoms with Gasteiger partial charge in [0, 0.05) is 19.2 Å². The molecule has 2 N–H and O–H groups in total. The zero-order valence-electron chi connectivity index (χ0n) is 10.9. The van der Waals surface area contributed by atoms with Gasteiger partial charge in [-0.15, -0.1) is 0 Å². The van der Waals surface area contributed by atoms with Crippen molar-refractivity contribution >= 4 is 44.8 Å². The highest BCUT2D eigenvalue weighted by Gasteiger charge is 2.06. The molecule has 1 amide bonds. The average molecular weight is 354 g/mol. The van der Waals surface area contributed by atoms with Gasteiger partial charge in [-0.25, -0.2) is 0 Å². The van der Waals surface area contributed by atoms with Crippen LogP contribution in [0.15, 0.2) is 46.9 Å². The molecular weight excluding hydrogens is 340 g/mol. The van der Waals surface area contributed by atoms with Crippen LogP contribution in [0.25, 0.3) is 0 Å². The van der Waals surface area contributed by atoms with Gasteiger partial charge in [0.2, 0.25) is 5.91 Å². The minimum atomic E-state index is -0.0820. The summed E-state index contributed by atoms with van der Waals surface area (Å²) in [5.74, 6) is -0.0820. The Morgan fingerprint density at radius 2 is 1.85 bits per heavy atom. The Morgan fingerprint density at radius 1 is 1.15 bits per heavy atom. The maximum Gasteiger partial charge on any atom is 0.221 e. The fourth-order valence-corrected chi connectivity index (χ4v) is 2.40. The van der Waals surface area contributed by atoms with Crippen molar-refractivity contribution < 1.29 is 4.79 Å². The van der Waals surface area contributed by atoms with Crippen molar-refractivity contribution in [3.63, 3.8) is 0 Å². The quantitative estimate of drug-likeness (QED) is 0.838. The van der Waals surface area contributed by atoms with Crippen LogP contribution in [0.2, 0.25) is 5.02 Å². The summed E-state index contributed by atoms with van der Waals surface area (Å²) in [5.41, 5.74) is 2.73. The van der Waals surface area contributed by atoms with Crippen molar-refractivity contribution in [3.8, 4) is 0 Å². The van der Waals surface area contributed by atoms with Crippen LogP contribution in [0.1, 0.15) is 12.5 Å². The third-order valence-corrected chi connectivity index (χ3v) is 4.15. The normalized spacial score (nSPS) is 10.2. The van der Waals surface area contributed by atoms with Crippen molar-refractivity contribution in [1.82, 2.24) is 0 Å². The topological polar surface area (TPSA) is 41.1 Å². The van der Waals surface area contributed by atoms with Crippen molar-refractivity contribution in [1.29, 1.82) is 0 Å². The van der Waals surface area contributed by atoms with E-state index in [1.807, 2.05) is 42.5 Å². The number of amides is 1. The lowest BCUT2D eigenvalue weighted by molar-refractivity contribution is -0.114. The highest BCUT2D eigenvalue weighted by Crippen LogP contribution is 2.30. The predicted octanol–water partition coefficient (Wildman–Crippen LogP) is 4.67. The smallest absolute Gasteiger partial charge is 0.221 e. The van der Waals surface area contributed by atoms with E-state index in [4.69, 9.17) is 11.6 Å². The van der Waals surface area contributed by atoms with E-state index < -0.39 is 0 Å². The van der Waals surface area contributed by atoms with Gasteiger partial charge in [0.05, 0.1) is 15.2 Å². The molecule has 0 radical (unpaired) electrons. The summed E-state index contributed by atoms with van der Waals surface area (Å²) < 4.78 is 0.832. The largest absolute Gasteiger partial charge is 0.380 e. The second kappa shape index (κ2) is 6.77. The summed E-state index contributed by atoms with van der Waals surface area (Å²) in [6.45, 7) is 2.09. The second-order valence-electron chi connectivity index (χ2n) is 4.29. The zero-order valence-corrected chi connectivity index (χ0v) is 13.3. The first kappa shape index (κ1) is 14.9. The standard InChI is InChI=1S/C15H14BrClN2O/c1-10(20)19-13-7-3-2-5-11(13)9-18-14-8-4-6-12(17)15(14)16/h2-8,18H,9H2,1H3,(H,19,20). The fourth-order valence-electron chi connectivity index (χ4n) is 1.82. The number of hydrogen-bond donors (Lipinski definition) is 2. The molecule has 2 aromatic carbocycles. The Balaban J connectivity index is 2.15. The van der Waals surface area contributed by atoms with Crippen LogP contribution in [0.4, 0.5) is 11.4 Å². The number of carbonyl (C=O) groups excluding carboxylic acids is 1. The molecule has 0 saturated heterocycles. The second-order valence-corrected chi connectivity index (χ2v) is 5.49. The highest BCUT2D eigenvalue weighted by molar-refractivity contribution is 9.10. The summed E-state index contributed by atoms with van der Waals surface area (Å²) in [7, 11) is 0. The number of halogens is 2. The molecule has 0 bridgehead atoms. The molecule has 0 aliphatic rings. The molecule has 5 heteroatoms. The van der Waals surface area contributed by atoms with Crippen molar-refractivity contribution in [2.75, 3.05) is 10.6 Å². The molecule has 2 rings (SSSR count). The molecule has 0 aromatic heterocycles. The van der Waals surface area contributed by atoms with Gasteiger partial charge in [0.1, 0.15) is 0 Å². The maximum atomic E-state index is 11.2. The molecule has 2 aromatic rings. The van der Waals surface area contributed by atoms with E-state index in [2.05, 4.69) is 26.6 Å². The Hall–Kier alpha value is -1.52. The SMILES string of the molecule is CC(=O)Nc1ccccc1CNc1cccc(Cl)c1Br. The van der Waals surface area contributed by atoms with Gasteiger partial charge in [-0.1, -0.05) is 35.9 Å². The Labute approximate surface area is 131 Å². The summed E-state index contributed by atoms with van der Waals surface area (Å²) in [4.78, 5) is 11.2. The maximum absolute atomic E-state index is 11.2. The van der Waals surface area contributed by atoms with E-state index in [9.17, 15) is 4.79 Å². The minimum absolute atomic E-state index is 0.0820. The molecule has 0 unspecified atom stereocenters. The van der Waals surface area contributed by atoms with Gasteiger partial charge in [-0.2, -0.15) is 0 Å². The van der Waals surface area contributed by atoms with Gasteiger partial charge in [-0.05, 0) is 39.7 Å². The van der Waals surface area contributed by atoms with E-state index in [0.717, 1.165) is 21.4 Å². The van der Waals surface area contributed by atoms with Crippen molar-refractivity contribution in [2.45, 2.75) is 13.5 Å². The van der Waals surface area contributed by atoms with E-state index >= 15 is 0 Å². The molecule has 0 spiro atoms. The lowest BCUT2D eigenvalue weighted by Gasteiger charge is -2.13. The van der Waals surface area contributed by atoms with Gasteiger partial charge >= 0.3 is 0 Å². The number of rotatable bonds is 4. The summed E-state index contributed by atoms with van der Waals surface area (Å²) in [5, 5.41) is 6.78. The van der Waals surface area contributed by atoms with Crippen LogP contribution in [0, 0.1) is 0 Å². The molecule has 104 valence electrons. The molecule has 0 fully saturated rings. The number of nitrogens with one attached hydrogen (secondary N) is 2. The Bertz CT molecular complexity index is 631. The number of anilines is 2. The zero-order chi connectivity index (χ0) is 14.5. The molecule has 0 saturated carbocycles. The van der Waals surface area contributed by atoms with E-state index in [-0.39, 0.29) is 5.91 Å². The third-order valence-electron chi connectivity index (χ3n) is 2.75. The van der Waals surface area contributed by atoms with E-state index in [0.29, 0.717) is 11.6 Å². The van der Waals surface area contributed by atoms with Crippen LogP contribution in [-0.2, 0) is 11.3 Å². The predicted molar refractivity (Wildman–Crippen MR) is 87.2 cm³/mol. The van der Waals surface area contributed by atoms with Gasteiger partial charge in [0.15, 0.2) is 0 Å². The first-order chi connectivity index (χ1) is 9.58. The molecular formula is C15H14BrClN2O. The molecule has 0 heterocycles. The number of hydrogen-bond acceptors (Lipinski definition) is 2. The fraction of sp³-hybridized carbons (Fsp3) is 0.133. The summed E-state index contributed by atoms with van der Waals surface area (Å²) >= 11 is 9.50. The first-order valence-corrected chi connectivity index (χ1v) is 7.28. The molecule has 0 atom stereocenters. The first-order valence-electron chi connectivity index (χ1n) is 6.11. The lowest BCUT2D eigenvalue weighted by Crippen LogP contribution is -2.10. The molecule has 0 aliphatic heterocycles. The van der Waals surface area contributed by atoms with Gasteiger partial charge in [0.25, 0.3) is 0 Å². The lowest BCUT2D eigenvalue weighted by atomic mass is 10.1. The van der Waals surface area contributed by atoms with Gasteiger partial charge in [-0.3, -0.25) is 4.79 Å². The van der Waals surface area contributed by atoms with Crippen LogP contribution in [-0.4, -0.2) is 5.91 Å². The number of para-hydroxylation sites is 1. The third kappa shape index (κ3) is 3.74. The highest BCUT2D eigenvalue weighted by atomic mass is 79.9. The molecule has 0 aliphatic carbocycles. The summed E-state index contributed by atoms with van der Waals surface area (Å²) in [6, 6.07) is 13.3. The number of benzene rings is 2. The van der Waals surface area contributed by atoms with Crippen LogP contribution >= 0.6 is 27.5 Å². The number of carbonyl (C=O) groups is 1. The monoisotopic (exact) mass is 352 g/mol. The Morgan fingerprint density at radius 3 is 2.60 bits per heavy atom. The van der Waals surface area contributed by atoms with E-state index in [1.165, 1.54) is 6.92 Å². The minimum Gasteiger partial charge on any atom is -0.380 e. The van der Waals surface area contributed by atoms with Crippen LogP contribution < -0.4 is 10.6 Å². The van der Waals surface area contributed by atoms with Crippen molar-refractivity contribution in [3.05, 3.63) is 57.5 Å². The molecule has 3 nitrogen and oxygen atoms in total. The van der Waals surface area contributed by atoms with Crippen molar-refractivity contribution in [2.24, 2.45) is 0 Å². The van der Waals surface area contributed by atoms with Crippen LogP contribution in [0.3, 0.4) is 0 Å². The average Bonchev–Trinajstić information content (AvgIpc) is 2.41. The van der Waals surface area contributed by atoms with Gasteiger partial charge < -0.3 is 10.6 Å². The van der Waals surface area contributed by atoms with Crippen LogP contribution in [0.5, 0.6) is 0 Å². The van der Waals surface area contributed by atoms with E-state index in [1.54, 1.807) is 0 Å². The summed E-state index contributed by atoms with van der Waals surface area (Å²) in [6.07, 6.45) is 0. The molecule has 20 heavy (non-hydrogen) atoms.